The van der Waals surface area contributed by atoms with Crippen molar-refractivity contribution in [3.05, 3.63) is 39.4 Å². The number of nitro groups is 1. The molecule has 1 aromatic rings. The number of amides is 1. The predicted molar refractivity (Wildman–Crippen MR) is 61.6 cm³/mol. The van der Waals surface area contributed by atoms with Crippen molar-refractivity contribution in [2.45, 2.75) is 19.4 Å². The van der Waals surface area contributed by atoms with Gasteiger partial charge in [-0.25, -0.2) is 4.39 Å². The van der Waals surface area contributed by atoms with Crippen LogP contribution >= 0.6 is 0 Å². The average Bonchev–Trinajstić information content (AvgIpc) is 2.35. The van der Waals surface area contributed by atoms with Crippen molar-refractivity contribution in [2.24, 2.45) is 0 Å². The van der Waals surface area contributed by atoms with Crippen molar-refractivity contribution in [2.75, 3.05) is 6.54 Å². The number of nitrogens with one attached hydrogen (secondary N) is 1. The highest BCUT2D eigenvalue weighted by Crippen LogP contribution is 2.21. The first-order chi connectivity index (χ1) is 8.86. The summed E-state index contributed by atoms with van der Waals surface area (Å²) in [6.45, 7) is 1.56. The second-order valence-electron chi connectivity index (χ2n) is 3.81. The fourth-order valence-corrected chi connectivity index (χ4v) is 1.30. The van der Waals surface area contributed by atoms with Crippen LogP contribution in [0.1, 0.15) is 23.7 Å². The van der Waals surface area contributed by atoms with Crippen LogP contribution in [0.15, 0.2) is 12.1 Å². The SMILES string of the molecule is CCC(O)CNC(=O)c1cc([N+](=O)[O-])c(F)cc1F. The van der Waals surface area contributed by atoms with E-state index in [2.05, 4.69) is 5.32 Å². The van der Waals surface area contributed by atoms with Gasteiger partial charge in [0.15, 0.2) is 0 Å². The summed E-state index contributed by atoms with van der Waals surface area (Å²) in [6.07, 6.45) is -0.422. The molecule has 0 heterocycles. The molecule has 2 N–H and O–H groups in total. The van der Waals surface area contributed by atoms with E-state index in [0.717, 1.165) is 0 Å². The van der Waals surface area contributed by atoms with Gasteiger partial charge >= 0.3 is 5.69 Å². The minimum Gasteiger partial charge on any atom is -0.391 e. The summed E-state index contributed by atoms with van der Waals surface area (Å²) < 4.78 is 26.4. The van der Waals surface area contributed by atoms with Crippen LogP contribution in [0.2, 0.25) is 0 Å². The van der Waals surface area contributed by atoms with E-state index in [0.29, 0.717) is 12.5 Å². The van der Waals surface area contributed by atoms with E-state index in [1.54, 1.807) is 6.92 Å². The number of hydrogen-bond acceptors (Lipinski definition) is 4. The van der Waals surface area contributed by atoms with E-state index in [4.69, 9.17) is 0 Å². The second kappa shape index (κ2) is 6.19. The molecule has 0 fully saturated rings. The summed E-state index contributed by atoms with van der Waals surface area (Å²) in [5.74, 6) is -3.51. The number of benzene rings is 1. The number of carbonyl (C=O) groups excluding carboxylic acids is 1. The number of carbonyl (C=O) groups is 1. The molecule has 1 amide bonds. The molecule has 6 nitrogen and oxygen atoms in total. The van der Waals surface area contributed by atoms with Gasteiger partial charge in [0.05, 0.1) is 16.6 Å². The molecule has 0 aromatic heterocycles. The Hall–Kier alpha value is -2.09. The molecular weight excluding hydrogens is 262 g/mol. The molecule has 8 heteroatoms. The van der Waals surface area contributed by atoms with Gasteiger partial charge in [0.25, 0.3) is 5.91 Å². The number of rotatable bonds is 5. The minimum atomic E-state index is -1.35. The summed E-state index contributed by atoms with van der Waals surface area (Å²) >= 11 is 0. The number of halogens is 2. The van der Waals surface area contributed by atoms with E-state index in [-0.39, 0.29) is 12.6 Å². The number of nitrogens with zero attached hydrogens (tertiary/aromatic N) is 1. The van der Waals surface area contributed by atoms with Gasteiger partial charge in [0.1, 0.15) is 5.82 Å². The number of nitro benzene ring substituents is 1. The van der Waals surface area contributed by atoms with Gasteiger partial charge in [-0.2, -0.15) is 4.39 Å². The van der Waals surface area contributed by atoms with Crippen molar-refractivity contribution in [1.29, 1.82) is 0 Å². The molecule has 1 atom stereocenters. The van der Waals surface area contributed by atoms with Crippen LogP contribution in [0.5, 0.6) is 0 Å². The maximum atomic E-state index is 13.4. The van der Waals surface area contributed by atoms with Crippen LogP contribution in [-0.2, 0) is 0 Å². The highest BCUT2D eigenvalue weighted by molar-refractivity contribution is 5.95. The Morgan fingerprint density at radius 3 is 2.63 bits per heavy atom. The first-order valence-corrected chi connectivity index (χ1v) is 5.46. The predicted octanol–water partition coefficient (Wildman–Crippen LogP) is 1.37. The summed E-state index contributed by atoms with van der Waals surface area (Å²) in [4.78, 5) is 21.0. The van der Waals surface area contributed by atoms with Crippen LogP contribution in [0.3, 0.4) is 0 Å². The van der Waals surface area contributed by atoms with Gasteiger partial charge < -0.3 is 10.4 Å². The molecule has 0 saturated carbocycles. The second-order valence-corrected chi connectivity index (χ2v) is 3.81. The Kier molecular flexibility index (Phi) is 4.87. The Morgan fingerprint density at radius 1 is 1.47 bits per heavy atom. The Bertz CT molecular complexity index is 508. The third-order valence-electron chi connectivity index (χ3n) is 2.45. The van der Waals surface area contributed by atoms with Gasteiger partial charge in [-0.3, -0.25) is 14.9 Å². The maximum absolute atomic E-state index is 13.4. The molecule has 0 bridgehead atoms. The third-order valence-corrected chi connectivity index (χ3v) is 2.45. The van der Waals surface area contributed by atoms with Crippen LogP contribution in [0, 0.1) is 21.7 Å². The zero-order valence-electron chi connectivity index (χ0n) is 10.0. The van der Waals surface area contributed by atoms with Crippen LogP contribution < -0.4 is 5.32 Å². The average molecular weight is 274 g/mol. The molecule has 0 radical (unpaired) electrons. The number of aliphatic hydroxyl groups excluding tert-OH is 1. The Labute approximate surface area is 107 Å². The van der Waals surface area contributed by atoms with E-state index in [9.17, 15) is 28.8 Å². The number of aliphatic hydroxyl groups is 1. The highest BCUT2D eigenvalue weighted by Gasteiger charge is 2.22. The van der Waals surface area contributed by atoms with Crippen molar-refractivity contribution in [1.82, 2.24) is 5.32 Å². The van der Waals surface area contributed by atoms with E-state index >= 15 is 0 Å². The molecule has 1 aromatic carbocycles. The van der Waals surface area contributed by atoms with Crippen molar-refractivity contribution in [3.8, 4) is 0 Å². The molecule has 0 aliphatic heterocycles. The summed E-state index contributed by atoms with van der Waals surface area (Å²) in [6, 6.07) is 0.807. The molecule has 0 aliphatic carbocycles. The van der Waals surface area contributed by atoms with Gasteiger partial charge in [-0.1, -0.05) is 6.92 Å². The maximum Gasteiger partial charge on any atom is 0.305 e. The third kappa shape index (κ3) is 3.68. The topological polar surface area (TPSA) is 92.5 Å². The number of hydrogen-bond donors (Lipinski definition) is 2. The minimum absolute atomic E-state index is 0.125. The fraction of sp³-hybridized carbons (Fsp3) is 0.364. The zero-order valence-corrected chi connectivity index (χ0v) is 10.0. The lowest BCUT2D eigenvalue weighted by Gasteiger charge is -2.10. The zero-order chi connectivity index (χ0) is 14.6. The molecule has 1 rings (SSSR count). The molecule has 19 heavy (non-hydrogen) atoms. The molecule has 0 aliphatic rings. The van der Waals surface area contributed by atoms with Gasteiger partial charge in [0, 0.05) is 18.7 Å². The summed E-state index contributed by atoms with van der Waals surface area (Å²) in [7, 11) is 0. The van der Waals surface area contributed by atoms with Gasteiger partial charge in [0.2, 0.25) is 5.82 Å². The lowest BCUT2D eigenvalue weighted by molar-refractivity contribution is -0.387. The summed E-state index contributed by atoms with van der Waals surface area (Å²) in [5.41, 5.74) is -1.63. The lowest BCUT2D eigenvalue weighted by Crippen LogP contribution is -2.32. The van der Waals surface area contributed by atoms with Gasteiger partial charge in [-0.05, 0) is 6.42 Å². The van der Waals surface area contributed by atoms with Crippen LogP contribution in [0.4, 0.5) is 14.5 Å². The van der Waals surface area contributed by atoms with Gasteiger partial charge in [-0.15, -0.1) is 0 Å². The molecule has 0 spiro atoms. The molecule has 1 unspecified atom stereocenters. The smallest absolute Gasteiger partial charge is 0.305 e. The van der Waals surface area contributed by atoms with E-state index < -0.39 is 39.8 Å². The standard InChI is InChI=1S/C11H12F2N2O4/c1-2-6(16)5-14-11(17)7-3-10(15(18)19)9(13)4-8(7)12/h3-4,6,16H,2,5H2,1H3,(H,14,17). The van der Waals surface area contributed by atoms with E-state index in [1.807, 2.05) is 0 Å². The molecule has 104 valence electrons. The van der Waals surface area contributed by atoms with E-state index in [1.165, 1.54) is 0 Å². The fourth-order valence-electron chi connectivity index (χ4n) is 1.30. The molecule has 0 saturated heterocycles. The van der Waals surface area contributed by atoms with Crippen molar-refractivity contribution in [3.63, 3.8) is 0 Å². The van der Waals surface area contributed by atoms with Crippen LogP contribution in [-0.4, -0.2) is 28.6 Å². The van der Waals surface area contributed by atoms with Crippen molar-refractivity contribution >= 4 is 11.6 Å². The van der Waals surface area contributed by atoms with Crippen molar-refractivity contribution < 1.29 is 23.6 Å². The highest BCUT2D eigenvalue weighted by atomic mass is 19.1. The first-order valence-electron chi connectivity index (χ1n) is 5.46. The monoisotopic (exact) mass is 274 g/mol. The lowest BCUT2D eigenvalue weighted by atomic mass is 10.1. The normalized spacial score (nSPS) is 12.0. The van der Waals surface area contributed by atoms with Crippen LogP contribution in [0.25, 0.3) is 0 Å². The largest absolute Gasteiger partial charge is 0.391 e. The molecular formula is C11H12F2N2O4. The summed E-state index contributed by atoms with van der Waals surface area (Å²) in [5, 5.41) is 21.9. The Morgan fingerprint density at radius 2 is 2.11 bits per heavy atom. The quantitative estimate of drug-likeness (QED) is 0.626. The first kappa shape index (κ1) is 15.0. The Balaban J connectivity index is 2.96.